The number of ether oxygens (including phenoxy) is 1. The zero-order chi connectivity index (χ0) is 14.7. The first-order valence-electron chi connectivity index (χ1n) is 7.33. The topological polar surface area (TPSA) is 41.6 Å². The van der Waals surface area contributed by atoms with Crippen LogP contribution in [0.15, 0.2) is 0 Å². The molecule has 0 saturated carbocycles. The summed E-state index contributed by atoms with van der Waals surface area (Å²) in [4.78, 5) is 14.0. The van der Waals surface area contributed by atoms with Crippen LogP contribution in [0.2, 0.25) is 0 Å². The van der Waals surface area contributed by atoms with E-state index < -0.39 is 5.60 Å². The Balaban J connectivity index is 2.56. The second-order valence-corrected chi connectivity index (χ2v) is 7.35. The number of hydrogen-bond donors (Lipinski definition) is 1. The Kier molecular flexibility index (Phi) is 5.25. The Morgan fingerprint density at radius 3 is 2.58 bits per heavy atom. The average molecular weight is 270 g/mol. The van der Waals surface area contributed by atoms with Crippen molar-refractivity contribution in [1.29, 1.82) is 0 Å². The predicted octanol–water partition coefficient (Wildman–Crippen LogP) is 3.02. The van der Waals surface area contributed by atoms with Gasteiger partial charge < -0.3 is 15.0 Å². The van der Waals surface area contributed by atoms with Crippen LogP contribution in [0.1, 0.15) is 54.4 Å². The lowest BCUT2D eigenvalue weighted by Crippen LogP contribution is -2.50. The summed E-state index contributed by atoms with van der Waals surface area (Å²) in [6.45, 7) is 14.8. The van der Waals surface area contributed by atoms with Crippen LogP contribution in [-0.2, 0) is 4.74 Å². The Bertz CT molecular complexity index is 310. The van der Waals surface area contributed by atoms with Gasteiger partial charge in [0, 0.05) is 25.7 Å². The van der Waals surface area contributed by atoms with Crippen molar-refractivity contribution in [2.75, 3.05) is 19.6 Å². The van der Waals surface area contributed by atoms with E-state index in [-0.39, 0.29) is 11.5 Å². The molecule has 112 valence electrons. The Morgan fingerprint density at radius 1 is 1.42 bits per heavy atom. The molecule has 0 aromatic rings. The van der Waals surface area contributed by atoms with Crippen LogP contribution in [0.3, 0.4) is 0 Å². The molecule has 19 heavy (non-hydrogen) atoms. The molecule has 1 saturated heterocycles. The van der Waals surface area contributed by atoms with Gasteiger partial charge in [0.25, 0.3) is 0 Å². The SMILES string of the molecule is CC(C)NCC1(C)CCCN(C(=O)OC(C)(C)C)C1. The van der Waals surface area contributed by atoms with Gasteiger partial charge in [-0.15, -0.1) is 0 Å². The molecule has 0 aromatic carbocycles. The Hall–Kier alpha value is -0.770. The largest absolute Gasteiger partial charge is 0.444 e. The number of amides is 1. The van der Waals surface area contributed by atoms with E-state index >= 15 is 0 Å². The molecule has 0 bridgehead atoms. The summed E-state index contributed by atoms with van der Waals surface area (Å²) in [6.07, 6.45) is 2.03. The minimum absolute atomic E-state index is 0.152. The fraction of sp³-hybridized carbons (Fsp3) is 0.933. The fourth-order valence-corrected chi connectivity index (χ4v) is 2.39. The molecule has 1 atom stereocenters. The lowest BCUT2D eigenvalue weighted by atomic mass is 9.82. The van der Waals surface area contributed by atoms with Crippen molar-refractivity contribution in [2.45, 2.75) is 66.0 Å². The maximum atomic E-state index is 12.1. The van der Waals surface area contributed by atoms with Gasteiger partial charge in [-0.1, -0.05) is 20.8 Å². The number of likely N-dealkylation sites (tertiary alicyclic amines) is 1. The smallest absolute Gasteiger partial charge is 0.410 e. The van der Waals surface area contributed by atoms with Crippen molar-refractivity contribution in [3.63, 3.8) is 0 Å². The zero-order valence-corrected chi connectivity index (χ0v) is 13.4. The van der Waals surface area contributed by atoms with Gasteiger partial charge in [-0.3, -0.25) is 0 Å². The summed E-state index contributed by atoms with van der Waals surface area (Å²) < 4.78 is 5.46. The van der Waals surface area contributed by atoms with Crippen LogP contribution in [-0.4, -0.2) is 42.3 Å². The second-order valence-electron chi connectivity index (χ2n) is 7.35. The van der Waals surface area contributed by atoms with Gasteiger partial charge in [0.05, 0.1) is 0 Å². The highest BCUT2D eigenvalue weighted by Gasteiger charge is 2.34. The van der Waals surface area contributed by atoms with E-state index in [0.29, 0.717) is 6.04 Å². The molecule has 0 spiro atoms. The van der Waals surface area contributed by atoms with Crippen molar-refractivity contribution < 1.29 is 9.53 Å². The molecule has 1 rings (SSSR count). The molecule has 4 heteroatoms. The molecule has 1 heterocycles. The van der Waals surface area contributed by atoms with E-state index in [4.69, 9.17) is 4.74 Å². The number of piperidine rings is 1. The van der Waals surface area contributed by atoms with Gasteiger partial charge >= 0.3 is 6.09 Å². The third-order valence-corrected chi connectivity index (χ3v) is 3.37. The van der Waals surface area contributed by atoms with Crippen molar-refractivity contribution in [3.05, 3.63) is 0 Å². The minimum Gasteiger partial charge on any atom is -0.444 e. The molecule has 1 unspecified atom stereocenters. The third kappa shape index (κ3) is 5.81. The van der Waals surface area contributed by atoms with Gasteiger partial charge in [0.15, 0.2) is 0 Å². The summed E-state index contributed by atoms with van der Waals surface area (Å²) in [5, 5.41) is 3.48. The lowest BCUT2D eigenvalue weighted by molar-refractivity contribution is 0.00660. The number of carbonyl (C=O) groups excluding carboxylic acids is 1. The molecule has 1 aliphatic heterocycles. The molecular formula is C15H30N2O2. The Labute approximate surface area is 117 Å². The first-order chi connectivity index (χ1) is 8.61. The molecular weight excluding hydrogens is 240 g/mol. The van der Waals surface area contributed by atoms with Crippen molar-refractivity contribution in [2.24, 2.45) is 5.41 Å². The first kappa shape index (κ1) is 16.3. The monoisotopic (exact) mass is 270 g/mol. The van der Waals surface area contributed by atoms with Gasteiger partial charge in [-0.25, -0.2) is 4.79 Å². The van der Waals surface area contributed by atoms with Crippen LogP contribution in [0.25, 0.3) is 0 Å². The zero-order valence-electron chi connectivity index (χ0n) is 13.4. The number of nitrogens with zero attached hydrogens (tertiary/aromatic N) is 1. The molecule has 1 fully saturated rings. The van der Waals surface area contributed by atoms with E-state index in [1.54, 1.807) is 0 Å². The van der Waals surface area contributed by atoms with Crippen molar-refractivity contribution >= 4 is 6.09 Å². The third-order valence-electron chi connectivity index (χ3n) is 3.37. The normalized spacial score (nSPS) is 24.7. The molecule has 0 aliphatic carbocycles. The number of rotatable bonds is 3. The highest BCUT2D eigenvalue weighted by atomic mass is 16.6. The van der Waals surface area contributed by atoms with Crippen LogP contribution in [0, 0.1) is 5.41 Å². The van der Waals surface area contributed by atoms with Crippen LogP contribution < -0.4 is 5.32 Å². The summed E-state index contributed by atoms with van der Waals surface area (Å²) in [5.74, 6) is 0. The lowest BCUT2D eigenvalue weighted by Gasteiger charge is -2.41. The number of nitrogens with one attached hydrogen (secondary N) is 1. The standard InChI is InChI=1S/C15H30N2O2/c1-12(2)16-10-15(6)8-7-9-17(11-15)13(18)19-14(3,4)5/h12,16H,7-11H2,1-6H3. The van der Waals surface area contributed by atoms with Crippen LogP contribution in [0.5, 0.6) is 0 Å². The molecule has 1 N–H and O–H groups in total. The average Bonchev–Trinajstić information content (AvgIpc) is 2.24. The summed E-state index contributed by atoms with van der Waals surface area (Å²) in [6, 6.07) is 0.480. The number of hydrogen-bond acceptors (Lipinski definition) is 3. The minimum atomic E-state index is -0.416. The van der Waals surface area contributed by atoms with E-state index in [1.165, 1.54) is 0 Å². The summed E-state index contributed by atoms with van der Waals surface area (Å²) >= 11 is 0. The molecule has 4 nitrogen and oxygen atoms in total. The van der Waals surface area contributed by atoms with E-state index in [0.717, 1.165) is 32.5 Å². The van der Waals surface area contributed by atoms with Gasteiger partial charge in [0.1, 0.15) is 5.60 Å². The summed E-state index contributed by atoms with van der Waals surface area (Å²) in [5.41, 5.74) is -0.263. The fourth-order valence-electron chi connectivity index (χ4n) is 2.39. The molecule has 0 aromatic heterocycles. The number of carbonyl (C=O) groups is 1. The van der Waals surface area contributed by atoms with Crippen molar-refractivity contribution in [3.8, 4) is 0 Å². The van der Waals surface area contributed by atoms with Gasteiger partial charge in [0.2, 0.25) is 0 Å². The maximum absolute atomic E-state index is 12.1. The Morgan fingerprint density at radius 2 is 2.05 bits per heavy atom. The molecule has 1 amide bonds. The quantitative estimate of drug-likeness (QED) is 0.857. The summed E-state index contributed by atoms with van der Waals surface area (Å²) in [7, 11) is 0. The van der Waals surface area contributed by atoms with Crippen molar-refractivity contribution in [1.82, 2.24) is 10.2 Å². The van der Waals surface area contributed by atoms with E-state index in [2.05, 4.69) is 26.1 Å². The molecule has 1 aliphatic rings. The van der Waals surface area contributed by atoms with Gasteiger partial charge in [-0.05, 0) is 39.0 Å². The maximum Gasteiger partial charge on any atom is 0.410 e. The highest BCUT2D eigenvalue weighted by Crippen LogP contribution is 2.29. The van der Waals surface area contributed by atoms with Gasteiger partial charge in [-0.2, -0.15) is 0 Å². The van der Waals surface area contributed by atoms with E-state index in [9.17, 15) is 4.79 Å². The molecule has 0 radical (unpaired) electrons. The predicted molar refractivity (Wildman–Crippen MR) is 78.3 cm³/mol. The first-order valence-corrected chi connectivity index (χ1v) is 7.33. The van der Waals surface area contributed by atoms with Crippen LogP contribution >= 0.6 is 0 Å². The van der Waals surface area contributed by atoms with Crippen LogP contribution in [0.4, 0.5) is 4.79 Å². The highest BCUT2D eigenvalue weighted by molar-refractivity contribution is 5.68. The van der Waals surface area contributed by atoms with E-state index in [1.807, 2.05) is 25.7 Å². The second kappa shape index (κ2) is 6.12.